The summed E-state index contributed by atoms with van der Waals surface area (Å²) < 4.78 is 16.7. The van der Waals surface area contributed by atoms with Crippen LogP contribution in [0.5, 0.6) is 0 Å². The van der Waals surface area contributed by atoms with Crippen molar-refractivity contribution in [2.75, 3.05) is 13.2 Å². The number of allylic oxidation sites excluding steroid dienone is 20. The van der Waals surface area contributed by atoms with E-state index in [0.29, 0.717) is 19.3 Å². The zero-order valence-corrected chi connectivity index (χ0v) is 45.2. The third-order valence-corrected chi connectivity index (χ3v) is 11.7. The molecule has 0 aliphatic carbocycles. The van der Waals surface area contributed by atoms with Crippen LogP contribution in [-0.2, 0) is 28.6 Å². The van der Waals surface area contributed by atoms with E-state index >= 15 is 0 Å². The summed E-state index contributed by atoms with van der Waals surface area (Å²) in [6.45, 7) is 6.33. The van der Waals surface area contributed by atoms with Crippen molar-refractivity contribution >= 4 is 17.9 Å². The smallest absolute Gasteiger partial charge is 0.306 e. The molecule has 0 saturated carbocycles. The Balaban J connectivity index is 4.23. The van der Waals surface area contributed by atoms with Gasteiger partial charge in [0.2, 0.25) is 0 Å². The number of unbranched alkanes of at least 4 members (excludes halogenated alkanes) is 19. The maximum atomic E-state index is 12.8. The fourth-order valence-corrected chi connectivity index (χ4v) is 7.49. The molecule has 0 amide bonds. The summed E-state index contributed by atoms with van der Waals surface area (Å²) in [6, 6.07) is 0. The van der Waals surface area contributed by atoms with Gasteiger partial charge in [-0.2, -0.15) is 0 Å². The highest BCUT2D eigenvalue weighted by Crippen LogP contribution is 2.14. The lowest BCUT2D eigenvalue weighted by Gasteiger charge is -2.18. The van der Waals surface area contributed by atoms with E-state index in [1.54, 1.807) is 0 Å². The van der Waals surface area contributed by atoms with Gasteiger partial charge in [0.1, 0.15) is 13.2 Å². The number of ether oxygens (including phenoxy) is 3. The molecule has 0 rings (SSSR count). The standard InChI is InChI=1S/C64H104O6/c1-4-7-10-13-16-18-20-22-24-26-28-30-32-34-36-38-40-42-44-46-48-51-54-57-63(66)69-60-61(59-68-62(65)56-53-50-15-12-9-6-3)70-64(67)58-55-52-49-47-45-43-41-39-37-35-33-31-29-27-25-23-21-19-17-14-11-8-5-2/h7-8,10-11,16-19,22-25,28-31,34-37,61H,4-6,9,12-15,20-21,26-27,32-33,38-60H2,1-3H3/b10-7-,11-8-,18-16-,19-17-,24-22-,25-23-,30-28-,31-29-,36-34-,37-35-. The predicted octanol–water partition coefficient (Wildman–Crippen LogP) is 19.3. The zero-order valence-electron chi connectivity index (χ0n) is 45.2. The van der Waals surface area contributed by atoms with Gasteiger partial charge in [0.05, 0.1) is 0 Å². The Morgan fingerprint density at radius 2 is 0.557 bits per heavy atom. The lowest BCUT2D eigenvalue weighted by molar-refractivity contribution is -0.167. The van der Waals surface area contributed by atoms with E-state index in [9.17, 15) is 14.4 Å². The van der Waals surface area contributed by atoms with Crippen molar-refractivity contribution in [1.29, 1.82) is 0 Å². The van der Waals surface area contributed by atoms with Crippen molar-refractivity contribution in [2.24, 2.45) is 0 Å². The molecule has 0 saturated heterocycles. The molecule has 0 radical (unpaired) electrons. The highest BCUT2D eigenvalue weighted by molar-refractivity contribution is 5.71. The van der Waals surface area contributed by atoms with Crippen LogP contribution in [0.3, 0.4) is 0 Å². The maximum absolute atomic E-state index is 12.8. The molecule has 0 aliphatic heterocycles. The topological polar surface area (TPSA) is 78.9 Å². The summed E-state index contributed by atoms with van der Waals surface area (Å²) in [5.74, 6) is -0.924. The van der Waals surface area contributed by atoms with E-state index in [1.807, 2.05) is 0 Å². The molecular formula is C64H104O6. The summed E-state index contributed by atoms with van der Waals surface area (Å²) in [5, 5.41) is 0. The molecule has 396 valence electrons. The van der Waals surface area contributed by atoms with Gasteiger partial charge in [-0.25, -0.2) is 0 Å². The van der Waals surface area contributed by atoms with Crippen LogP contribution < -0.4 is 0 Å². The van der Waals surface area contributed by atoms with Crippen LogP contribution in [-0.4, -0.2) is 37.2 Å². The lowest BCUT2D eigenvalue weighted by atomic mass is 10.1. The van der Waals surface area contributed by atoms with E-state index < -0.39 is 6.10 Å². The second-order valence-corrected chi connectivity index (χ2v) is 18.4. The number of hydrogen-bond acceptors (Lipinski definition) is 6. The summed E-state index contributed by atoms with van der Waals surface area (Å²) in [5.41, 5.74) is 0. The van der Waals surface area contributed by atoms with Gasteiger partial charge >= 0.3 is 17.9 Å². The number of carbonyl (C=O) groups excluding carboxylic acids is 3. The Morgan fingerprint density at radius 1 is 0.300 bits per heavy atom. The van der Waals surface area contributed by atoms with Gasteiger partial charge in [0, 0.05) is 19.3 Å². The molecule has 0 fully saturated rings. The summed E-state index contributed by atoms with van der Waals surface area (Å²) in [7, 11) is 0. The Bertz CT molecular complexity index is 1490. The molecule has 0 aromatic carbocycles. The second-order valence-electron chi connectivity index (χ2n) is 18.4. The van der Waals surface area contributed by atoms with Crippen LogP contribution >= 0.6 is 0 Å². The van der Waals surface area contributed by atoms with Crippen LogP contribution in [0.2, 0.25) is 0 Å². The van der Waals surface area contributed by atoms with Crippen LogP contribution in [0.4, 0.5) is 0 Å². The van der Waals surface area contributed by atoms with E-state index in [4.69, 9.17) is 14.2 Å². The number of hydrogen-bond donors (Lipinski definition) is 0. The third kappa shape index (κ3) is 54.7. The Morgan fingerprint density at radius 3 is 0.871 bits per heavy atom. The van der Waals surface area contributed by atoms with Gasteiger partial charge in [-0.3, -0.25) is 14.4 Å². The summed E-state index contributed by atoms with van der Waals surface area (Å²) >= 11 is 0. The zero-order chi connectivity index (χ0) is 50.7. The van der Waals surface area contributed by atoms with Crippen molar-refractivity contribution in [3.05, 3.63) is 122 Å². The molecule has 1 atom stereocenters. The third-order valence-electron chi connectivity index (χ3n) is 11.7. The molecule has 0 heterocycles. The number of carbonyl (C=O) groups is 3. The molecule has 0 aromatic heterocycles. The van der Waals surface area contributed by atoms with Crippen LogP contribution in [0.15, 0.2) is 122 Å². The molecule has 0 aromatic rings. The van der Waals surface area contributed by atoms with Gasteiger partial charge < -0.3 is 14.2 Å². The second kappa shape index (κ2) is 57.4. The fourth-order valence-electron chi connectivity index (χ4n) is 7.49. The average Bonchev–Trinajstić information content (AvgIpc) is 3.36. The van der Waals surface area contributed by atoms with Crippen LogP contribution in [0.25, 0.3) is 0 Å². The molecule has 6 nitrogen and oxygen atoms in total. The minimum Gasteiger partial charge on any atom is -0.462 e. The molecular weight excluding hydrogens is 865 g/mol. The first-order valence-corrected chi connectivity index (χ1v) is 28.5. The molecule has 6 heteroatoms. The SMILES string of the molecule is CC/C=C\C/C=C\C/C=C\C/C=C\C/C=C\CCCCCCCCCC(=O)OCC(COC(=O)CCCCCCCC)OC(=O)CCCCCCCCC/C=C\C/C=C\C/C=C\C/C=C\C/C=C\CC. The van der Waals surface area contributed by atoms with Crippen molar-refractivity contribution in [1.82, 2.24) is 0 Å². The van der Waals surface area contributed by atoms with E-state index in [2.05, 4.69) is 142 Å². The normalized spacial score (nSPS) is 13.0. The monoisotopic (exact) mass is 969 g/mol. The fraction of sp³-hybridized carbons (Fsp3) is 0.641. The van der Waals surface area contributed by atoms with E-state index in [0.717, 1.165) is 135 Å². The summed E-state index contributed by atoms with van der Waals surface area (Å²) in [4.78, 5) is 37.9. The van der Waals surface area contributed by atoms with Crippen molar-refractivity contribution in [3.63, 3.8) is 0 Å². The maximum Gasteiger partial charge on any atom is 0.306 e. The highest BCUT2D eigenvalue weighted by atomic mass is 16.6. The van der Waals surface area contributed by atoms with Gasteiger partial charge in [0.15, 0.2) is 6.10 Å². The van der Waals surface area contributed by atoms with Gasteiger partial charge in [-0.05, 0) is 109 Å². The number of rotatable bonds is 50. The molecule has 1 unspecified atom stereocenters. The predicted molar refractivity (Wildman–Crippen MR) is 302 cm³/mol. The molecule has 0 bridgehead atoms. The molecule has 0 spiro atoms. The van der Waals surface area contributed by atoms with Gasteiger partial charge in [-0.1, -0.05) is 239 Å². The quantitative estimate of drug-likeness (QED) is 0.0262. The summed E-state index contributed by atoms with van der Waals surface area (Å²) in [6.07, 6.45) is 79.3. The Labute approximate surface area is 431 Å². The largest absolute Gasteiger partial charge is 0.462 e. The average molecular weight is 970 g/mol. The Hall–Kier alpha value is -4.19. The van der Waals surface area contributed by atoms with Crippen molar-refractivity contribution in [2.45, 2.75) is 252 Å². The first-order chi connectivity index (χ1) is 34.5. The van der Waals surface area contributed by atoms with Crippen molar-refractivity contribution in [3.8, 4) is 0 Å². The van der Waals surface area contributed by atoms with Crippen LogP contribution in [0, 0.1) is 0 Å². The van der Waals surface area contributed by atoms with Crippen LogP contribution in [0.1, 0.15) is 245 Å². The van der Waals surface area contributed by atoms with E-state index in [1.165, 1.54) is 70.6 Å². The highest BCUT2D eigenvalue weighted by Gasteiger charge is 2.19. The first kappa shape index (κ1) is 65.8. The first-order valence-electron chi connectivity index (χ1n) is 28.5. The Kier molecular flexibility index (Phi) is 54.0. The van der Waals surface area contributed by atoms with E-state index in [-0.39, 0.29) is 31.1 Å². The van der Waals surface area contributed by atoms with Crippen molar-refractivity contribution < 1.29 is 28.6 Å². The molecule has 70 heavy (non-hydrogen) atoms. The molecule has 0 aliphatic rings. The van der Waals surface area contributed by atoms with Gasteiger partial charge in [-0.15, -0.1) is 0 Å². The van der Waals surface area contributed by atoms with Gasteiger partial charge in [0.25, 0.3) is 0 Å². The number of esters is 3. The lowest BCUT2D eigenvalue weighted by Crippen LogP contribution is -2.30. The molecule has 0 N–H and O–H groups in total. The minimum absolute atomic E-state index is 0.0889. The minimum atomic E-state index is -0.789.